The highest BCUT2D eigenvalue weighted by molar-refractivity contribution is 5.75. The molecule has 70 valence electrons. The van der Waals surface area contributed by atoms with Crippen LogP contribution in [-0.2, 0) is 5.54 Å². The van der Waals surface area contributed by atoms with E-state index in [9.17, 15) is 0 Å². The molecule has 0 radical (unpaired) electrons. The molecule has 0 unspecified atom stereocenters. The summed E-state index contributed by atoms with van der Waals surface area (Å²) >= 11 is 0. The summed E-state index contributed by atoms with van der Waals surface area (Å²) < 4.78 is 5.02. The van der Waals surface area contributed by atoms with Gasteiger partial charge in [0.15, 0.2) is 11.8 Å². The van der Waals surface area contributed by atoms with Crippen LogP contribution in [0.15, 0.2) is 4.52 Å². The van der Waals surface area contributed by atoms with Gasteiger partial charge < -0.3 is 15.6 Å². The fraction of sp³-hybridized carbons (Fsp3) is 0.571. The molecule has 0 aliphatic heterocycles. The van der Waals surface area contributed by atoms with Crippen LogP contribution in [0.3, 0.4) is 0 Å². The fourth-order valence-corrected chi connectivity index (χ4v) is 1.27. The molecular formula is C7H11N5O. The lowest BCUT2D eigenvalue weighted by molar-refractivity contribution is 0.333. The van der Waals surface area contributed by atoms with Crippen LogP contribution in [0, 0.1) is 12.3 Å². The number of aryl methyl sites for hydroxylation is 1. The summed E-state index contributed by atoms with van der Waals surface area (Å²) in [5.74, 6) is 1.07. The number of guanidine groups is 1. The third-order valence-corrected chi connectivity index (χ3v) is 2.06. The Hall–Kier alpha value is -1.59. The molecule has 6 heteroatoms. The number of nitrogens with two attached hydrogens (primary N) is 1. The number of hydrogen-bond donors (Lipinski definition) is 3. The minimum absolute atomic E-state index is 0.0617. The summed E-state index contributed by atoms with van der Waals surface area (Å²) in [7, 11) is 0. The second kappa shape index (κ2) is 2.45. The SMILES string of the molecule is Cc1noc(C2(NC(=N)N)CC2)n1. The van der Waals surface area contributed by atoms with Gasteiger partial charge in [-0.15, -0.1) is 0 Å². The van der Waals surface area contributed by atoms with Crippen molar-refractivity contribution < 1.29 is 4.52 Å². The minimum Gasteiger partial charge on any atom is -0.370 e. The predicted molar refractivity (Wildman–Crippen MR) is 45.0 cm³/mol. The van der Waals surface area contributed by atoms with Crippen LogP contribution in [0.2, 0.25) is 0 Å². The van der Waals surface area contributed by atoms with Gasteiger partial charge in [-0.05, 0) is 19.8 Å². The highest BCUT2D eigenvalue weighted by Gasteiger charge is 2.50. The van der Waals surface area contributed by atoms with E-state index < -0.39 is 0 Å². The van der Waals surface area contributed by atoms with Gasteiger partial charge in [0, 0.05) is 0 Å². The maximum Gasteiger partial charge on any atom is 0.252 e. The molecular weight excluding hydrogens is 170 g/mol. The molecule has 4 N–H and O–H groups in total. The lowest BCUT2D eigenvalue weighted by atomic mass is 10.3. The van der Waals surface area contributed by atoms with Gasteiger partial charge in [0.1, 0.15) is 5.54 Å². The van der Waals surface area contributed by atoms with E-state index in [1.165, 1.54) is 0 Å². The topological polar surface area (TPSA) is 101 Å². The Morgan fingerprint density at radius 2 is 2.38 bits per heavy atom. The Kier molecular flexibility index (Phi) is 1.51. The first kappa shape index (κ1) is 8.03. The second-order valence-electron chi connectivity index (χ2n) is 3.27. The first-order chi connectivity index (χ1) is 6.12. The van der Waals surface area contributed by atoms with E-state index in [2.05, 4.69) is 15.5 Å². The molecule has 1 aliphatic rings. The second-order valence-corrected chi connectivity index (χ2v) is 3.27. The van der Waals surface area contributed by atoms with Gasteiger partial charge in [-0.1, -0.05) is 5.16 Å². The number of rotatable bonds is 2. The maximum atomic E-state index is 7.12. The van der Waals surface area contributed by atoms with Crippen molar-refractivity contribution in [1.29, 1.82) is 5.41 Å². The van der Waals surface area contributed by atoms with Gasteiger partial charge in [-0.25, -0.2) is 0 Å². The highest BCUT2D eigenvalue weighted by atomic mass is 16.5. The normalized spacial score (nSPS) is 18.2. The molecule has 1 heterocycles. The van der Waals surface area contributed by atoms with Crippen LogP contribution in [0.25, 0.3) is 0 Å². The zero-order valence-corrected chi connectivity index (χ0v) is 7.29. The van der Waals surface area contributed by atoms with Crippen molar-refractivity contribution in [3.05, 3.63) is 11.7 Å². The number of hydrogen-bond acceptors (Lipinski definition) is 4. The Morgan fingerprint density at radius 3 is 2.77 bits per heavy atom. The van der Waals surface area contributed by atoms with Gasteiger partial charge in [0.05, 0.1) is 0 Å². The van der Waals surface area contributed by atoms with Crippen LogP contribution >= 0.6 is 0 Å². The third kappa shape index (κ3) is 1.34. The van der Waals surface area contributed by atoms with E-state index >= 15 is 0 Å². The standard InChI is InChI=1S/C7H11N5O/c1-4-10-5(13-12-4)7(2-3-7)11-6(8)9/h2-3H2,1H3,(H4,8,9,11). The number of aromatic nitrogens is 2. The van der Waals surface area contributed by atoms with Crippen molar-refractivity contribution in [3.8, 4) is 0 Å². The Labute approximate surface area is 75.0 Å². The summed E-state index contributed by atoms with van der Waals surface area (Å²) in [6.45, 7) is 1.76. The van der Waals surface area contributed by atoms with Crippen molar-refractivity contribution in [2.24, 2.45) is 5.73 Å². The van der Waals surface area contributed by atoms with E-state index in [1.54, 1.807) is 6.92 Å². The van der Waals surface area contributed by atoms with Gasteiger partial charge in [0.25, 0.3) is 5.89 Å². The summed E-state index contributed by atoms with van der Waals surface area (Å²) in [5, 5.41) is 13.6. The zero-order chi connectivity index (χ0) is 9.47. The van der Waals surface area contributed by atoms with Crippen molar-refractivity contribution >= 4 is 5.96 Å². The van der Waals surface area contributed by atoms with E-state index in [4.69, 9.17) is 15.7 Å². The first-order valence-corrected chi connectivity index (χ1v) is 4.05. The molecule has 1 aromatic rings. The molecule has 0 bridgehead atoms. The Morgan fingerprint density at radius 1 is 1.69 bits per heavy atom. The Bertz CT molecular complexity index is 340. The van der Waals surface area contributed by atoms with Crippen LogP contribution < -0.4 is 11.1 Å². The van der Waals surface area contributed by atoms with Crippen LogP contribution in [0.1, 0.15) is 24.6 Å². The molecule has 1 saturated carbocycles. The minimum atomic E-state index is -0.354. The molecule has 1 aromatic heterocycles. The van der Waals surface area contributed by atoms with Crippen molar-refractivity contribution in [2.45, 2.75) is 25.3 Å². The summed E-state index contributed by atoms with van der Waals surface area (Å²) in [6, 6.07) is 0. The number of nitrogens with one attached hydrogen (secondary N) is 2. The van der Waals surface area contributed by atoms with Gasteiger partial charge >= 0.3 is 0 Å². The van der Waals surface area contributed by atoms with Gasteiger partial charge in [0.2, 0.25) is 0 Å². The predicted octanol–water partition coefficient (Wildman–Crippen LogP) is -0.150. The quantitative estimate of drug-likeness (QED) is 0.435. The first-order valence-electron chi connectivity index (χ1n) is 4.05. The lowest BCUT2D eigenvalue weighted by Gasteiger charge is -2.11. The summed E-state index contributed by atoms with van der Waals surface area (Å²) in [6.07, 6.45) is 1.77. The van der Waals surface area contributed by atoms with Crippen LogP contribution in [-0.4, -0.2) is 16.1 Å². The molecule has 1 aliphatic carbocycles. The van der Waals surface area contributed by atoms with Gasteiger partial charge in [-0.3, -0.25) is 5.41 Å². The van der Waals surface area contributed by atoms with Crippen molar-refractivity contribution in [1.82, 2.24) is 15.5 Å². The van der Waals surface area contributed by atoms with Crippen molar-refractivity contribution in [3.63, 3.8) is 0 Å². The maximum absolute atomic E-state index is 7.12. The lowest BCUT2D eigenvalue weighted by Crippen LogP contribution is -2.39. The third-order valence-electron chi connectivity index (χ3n) is 2.06. The molecule has 0 aromatic carbocycles. The summed E-state index contributed by atoms with van der Waals surface area (Å²) in [5.41, 5.74) is 4.89. The average Bonchev–Trinajstić information content (AvgIpc) is 2.65. The van der Waals surface area contributed by atoms with E-state index in [1.807, 2.05) is 0 Å². The van der Waals surface area contributed by atoms with Gasteiger partial charge in [-0.2, -0.15) is 4.98 Å². The molecule has 0 atom stereocenters. The molecule has 2 rings (SSSR count). The molecule has 0 amide bonds. The van der Waals surface area contributed by atoms with E-state index in [0.717, 1.165) is 12.8 Å². The van der Waals surface area contributed by atoms with Crippen LogP contribution in [0.4, 0.5) is 0 Å². The van der Waals surface area contributed by atoms with Crippen LogP contribution in [0.5, 0.6) is 0 Å². The summed E-state index contributed by atoms with van der Waals surface area (Å²) in [4.78, 5) is 4.11. The molecule has 0 spiro atoms. The molecule has 1 fully saturated rings. The Balaban J connectivity index is 2.20. The monoisotopic (exact) mass is 181 g/mol. The molecule has 0 saturated heterocycles. The van der Waals surface area contributed by atoms with Crippen molar-refractivity contribution in [2.75, 3.05) is 0 Å². The molecule has 6 nitrogen and oxygen atoms in total. The zero-order valence-electron chi connectivity index (χ0n) is 7.29. The van der Waals surface area contributed by atoms with E-state index in [0.29, 0.717) is 11.7 Å². The average molecular weight is 181 g/mol. The number of nitrogens with zero attached hydrogens (tertiary/aromatic N) is 2. The molecule has 13 heavy (non-hydrogen) atoms. The smallest absolute Gasteiger partial charge is 0.252 e. The van der Waals surface area contributed by atoms with E-state index in [-0.39, 0.29) is 11.5 Å². The largest absolute Gasteiger partial charge is 0.370 e. The highest BCUT2D eigenvalue weighted by Crippen LogP contribution is 2.44. The fourth-order valence-electron chi connectivity index (χ4n) is 1.27.